The van der Waals surface area contributed by atoms with E-state index in [0.29, 0.717) is 56.5 Å². The minimum absolute atomic E-state index is 0.0856. The molecule has 2 saturated heterocycles. The second-order valence-electron chi connectivity index (χ2n) is 11.3. The van der Waals surface area contributed by atoms with Gasteiger partial charge in [-0.15, -0.1) is 0 Å². The Hall–Kier alpha value is -2.69. The zero-order valence-corrected chi connectivity index (χ0v) is 23.6. The number of hydrogen-bond acceptors (Lipinski definition) is 7. The van der Waals surface area contributed by atoms with E-state index < -0.39 is 24.9 Å². The number of carbonyl (C=O) groups is 3. The summed E-state index contributed by atoms with van der Waals surface area (Å²) in [5.74, 6) is -1.04. The monoisotopic (exact) mass is 555 g/mol. The number of hydrogen-bond donors (Lipinski definition) is 3. The van der Waals surface area contributed by atoms with E-state index in [1.54, 1.807) is 6.07 Å². The van der Waals surface area contributed by atoms with Crippen LogP contribution in [0.1, 0.15) is 89.6 Å². The summed E-state index contributed by atoms with van der Waals surface area (Å²) in [6.45, 7) is 4.35. The van der Waals surface area contributed by atoms with Crippen LogP contribution < -0.4 is 0 Å². The Morgan fingerprint density at radius 2 is 1.93 bits per heavy atom. The van der Waals surface area contributed by atoms with E-state index in [1.807, 2.05) is 12.1 Å². The lowest BCUT2D eigenvalue weighted by Gasteiger charge is -2.43. The standard InChI is InChI=1S/C30H42BNO8/c1-3-8-20-16-23-28(30(37)32(29(23)36)14-7-5-6-9-26(34)35)24-17-31(38)40-25(27(20)24)13-10-19(4-2)15-21-11-12-22(18-33)39-21/h11-12,15,23-25,28,33,38H,3-10,13-14,16-18H2,1-2H3,(H,34,35)/b19-15+/t23-,24+,25-,28-/m1/s1. The van der Waals surface area contributed by atoms with Crippen molar-refractivity contribution in [1.29, 1.82) is 0 Å². The van der Waals surface area contributed by atoms with Gasteiger partial charge < -0.3 is 24.3 Å². The van der Waals surface area contributed by atoms with Gasteiger partial charge >= 0.3 is 13.1 Å². The number of imide groups is 1. The largest absolute Gasteiger partial charge is 0.481 e. The molecule has 0 aromatic carbocycles. The van der Waals surface area contributed by atoms with Gasteiger partial charge in [0.2, 0.25) is 11.8 Å². The van der Waals surface area contributed by atoms with Crippen molar-refractivity contribution < 1.29 is 38.7 Å². The molecule has 4 atom stereocenters. The van der Waals surface area contributed by atoms with Gasteiger partial charge in [-0.05, 0) is 81.0 Å². The van der Waals surface area contributed by atoms with Crippen LogP contribution in [0.5, 0.6) is 0 Å². The van der Waals surface area contributed by atoms with Crippen LogP contribution in [-0.2, 0) is 25.6 Å². The van der Waals surface area contributed by atoms with E-state index in [9.17, 15) is 24.5 Å². The zero-order valence-electron chi connectivity index (χ0n) is 23.6. The SMILES string of the molecule is CCCC1=C2[C@@H](CC/C(=C/c3ccc(CO)o3)CC)OB(O)C[C@@H]2[C@@H]2C(=O)N(CCCCCC(=O)O)C(=O)[C@@H]2C1. The fraction of sp³-hybridized carbons (Fsp3) is 0.633. The second kappa shape index (κ2) is 13.8. The molecule has 0 spiro atoms. The number of allylic oxidation sites excluding steroid dienone is 2. The maximum absolute atomic E-state index is 13.6. The fourth-order valence-corrected chi connectivity index (χ4v) is 6.74. The van der Waals surface area contributed by atoms with Crippen molar-refractivity contribution >= 4 is 31.0 Å². The summed E-state index contributed by atoms with van der Waals surface area (Å²) in [5.41, 5.74) is 3.45. The molecule has 1 aromatic rings. The van der Waals surface area contributed by atoms with Crippen LogP contribution in [0.3, 0.4) is 0 Å². The van der Waals surface area contributed by atoms with Crippen LogP contribution in [0.25, 0.3) is 6.08 Å². The first-order valence-electron chi connectivity index (χ1n) is 14.8. The number of aliphatic hydroxyl groups excluding tert-OH is 1. The highest BCUT2D eigenvalue weighted by Crippen LogP contribution is 2.51. The first kappa shape index (κ1) is 30.3. The van der Waals surface area contributed by atoms with E-state index in [2.05, 4.69) is 13.8 Å². The molecular weight excluding hydrogens is 513 g/mol. The Kier molecular flexibility index (Phi) is 10.4. The maximum atomic E-state index is 13.6. The normalized spacial score (nSPS) is 25.1. The van der Waals surface area contributed by atoms with Gasteiger partial charge in [0.1, 0.15) is 18.1 Å². The van der Waals surface area contributed by atoms with Gasteiger partial charge in [0.25, 0.3) is 0 Å². The predicted octanol–water partition coefficient (Wildman–Crippen LogP) is 4.59. The Bertz CT molecular complexity index is 1140. The molecule has 2 fully saturated rings. The second-order valence-corrected chi connectivity index (χ2v) is 11.3. The average Bonchev–Trinajstić information content (AvgIpc) is 3.48. The van der Waals surface area contributed by atoms with Crippen LogP contribution in [0, 0.1) is 17.8 Å². The molecule has 4 rings (SSSR count). The minimum Gasteiger partial charge on any atom is -0.481 e. The lowest BCUT2D eigenvalue weighted by molar-refractivity contribution is -0.141. The molecular formula is C30H42BNO8. The smallest absolute Gasteiger partial charge is 0.455 e. The quantitative estimate of drug-likeness (QED) is 0.131. The number of carboxylic acids is 1. The van der Waals surface area contributed by atoms with Crippen molar-refractivity contribution in [3.8, 4) is 0 Å². The van der Waals surface area contributed by atoms with Gasteiger partial charge in [-0.2, -0.15) is 0 Å². The highest BCUT2D eigenvalue weighted by atomic mass is 16.5. The number of fused-ring (bicyclic) bond motifs is 3. The number of furan rings is 1. The Morgan fingerprint density at radius 1 is 1.12 bits per heavy atom. The third-order valence-corrected chi connectivity index (χ3v) is 8.59. The molecule has 10 heteroatoms. The first-order valence-corrected chi connectivity index (χ1v) is 14.8. The molecule has 1 aliphatic carbocycles. The van der Waals surface area contributed by atoms with E-state index in [-0.39, 0.29) is 36.9 Å². The first-order chi connectivity index (χ1) is 19.3. The number of likely N-dealkylation sites (tertiary alicyclic amines) is 1. The molecule has 0 bridgehead atoms. The van der Waals surface area contributed by atoms with Crippen LogP contribution in [0.4, 0.5) is 0 Å². The summed E-state index contributed by atoms with van der Waals surface area (Å²) in [6.07, 6.45) is 8.29. The molecule has 1 aromatic heterocycles. The van der Waals surface area contributed by atoms with Crippen molar-refractivity contribution in [2.75, 3.05) is 6.54 Å². The Balaban J connectivity index is 1.51. The number of aliphatic hydroxyl groups is 1. The molecule has 9 nitrogen and oxygen atoms in total. The number of rotatable bonds is 14. The van der Waals surface area contributed by atoms with Crippen molar-refractivity contribution in [1.82, 2.24) is 4.90 Å². The molecule has 218 valence electrons. The van der Waals surface area contributed by atoms with Gasteiger partial charge in [-0.3, -0.25) is 19.3 Å². The van der Waals surface area contributed by atoms with Crippen molar-refractivity contribution in [2.24, 2.45) is 17.8 Å². The minimum atomic E-state index is -1.00. The van der Waals surface area contributed by atoms with Crippen molar-refractivity contribution in [3.05, 3.63) is 40.4 Å². The summed E-state index contributed by atoms with van der Waals surface area (Å²) in [5, 5.41) is 28.9. The number of aliphatic carboxylic acids is 1. The van der Waals surface area contributed by atoms with E-state index in [1.165, 1.54) is 10.5 Å². The predicted molar refractivity (Wildman–Crippen MR) is 150 cm³/mol. The molecule has 3 N–H and O–H groups in total. The maximum Gasteiger partial charge on any atom is 0.455 e. The summed E-state index contributed by atoms with van der Waals surface area (Å²) in [6, 6.07) is 3.59. The van der Waals surface area contributed by atoms with Gasteiger partial charge in [0.15, 0.2) is 0 Å². The summed E-state index contributed by atoms with van der Waals surface area (Å²) < 4.78 is 11.7. The van der Waals surface area contributed by atoms with Crippen molar-refractivity contribution in [3.63, 3.8) is 0 Å². The third kappa shape index (κ3) is 6.78. The lowest BCUT2D eigenvalue weighted by atomic mass is 9.58. The lowest BCUT2D eigenvalue weighted by Crippen LogP contribution is -2.46. The third-order valence-electron chi connectivity index (χ3n) is 8.59. The topological polar surface area (TPSA) is 138 Å². The highest BCUT2D eigenvalue weighted by molar-refractivity contribution is 6.43. The number of nitrogens with zero attached hydrogens (tertiary/aromatic N) is 1. The summed E-state index contributed by atoms with van der Waals surface area (Å²) >= 11 is 0. The molecule has 0 radical (unpaired) electrons. The van der Waals surface area contributed by atoms with E-state index >= 15 is 0 Å². The highest BCUT2D eigenvalue weighted by Gasteiger charge is 2.56. The fourth-order valence-electron chi connectivity index (χ4n) is 6.74. The number of amides is 2. The number of carbonyl (C=O) groups excluding carboxylic acids is 2. The van der Waals surface area contributed by atoms with Crippen LogP contribution >= 0.6 is 0 Å². The molecule has 40 heavy (non-hydrogen) atoms. The molecule has 3 heterocycles. The Labute approximate surface area is 236 Å². The summed E-state index contributed by atoms with van der Waals surface area (Å²) in [7, 11) is -1.00. The van der Waals surface area contributed by atoms with Crippen LogP contribution in [0.2, 0.25) is 6.32 Å². The average molecular weight is 555 g/mol. The molecule has 3 aliphatic rings. The van der Waals surface area contributed by atoms with Gasteiger partial charge in [-0.25, -0.2) is 0 Å². The number of unbranched alkanes of at least 4 members (excludes halogenated alkanes) is 2. The van der Waals surface area contributed by atoms with Gasteiger partial charge in [0, 0.05) is 13.0 Å². The van der Waals surface area contributed by atoms with Crippen LogP contribution in [0.15, 0.2) is 33.3 Å². The molecule has 2 aliphatic heterocycles. The van der Waals surface area contributed by atoms with Gasteiger partial charge in [0.05, 0.1) is 17.9 Å². The van der Waals surface area contributed by atoms with Crippen LogP contribution in [-0.4, -0.2) is 57.7 Å². The molecule has 0 unspecified atom stereocenters. The molecule has 0 saturated carbocycles. The van der Waals surface area contributed by atoms with E-state index in [0.717, 1.165) is 36.8 Å². The zero-order chi connectivity index (χ0) is 28.8. The molecule has 2 amide bonds. The van der Waals surface area contributed by atoms with Crippen molar-refractivity contribution in [2.45, 2.75) is 97.1 Å². The summed E-state index contributed by atoms with van der Waals surface area (Å²) in [4.78, 5) is 39.2. The van der Waals surface area contributed by atoms with E-state index in [4.69, 9.17) is 14.2 Å². The Morgan fingerprint density at radius 3 is 2.60 bits per heavy atom. The number of carboxylic acid groups (broad SMARTS) is 1. The van der Waals surface area contributed by atoms with Gasteiger partial charge in [-0.1, -0.05) is 37.8 Å².